The summed E-state index contributed by atoms with van der Waals surface area (Å²) in [5, 5.41) is 8.49. The number of rotatable bonds is 6. The lowest BCUT2D eigenvalue weighted by Crippen LogP contribution is -2.33. The predicted molar refractivity (Wildman–Crippen MR) is 66.7 cm³/mol. The standard InChI is InChI=1S/C9H17N7O/c1-2-12-6-5-7(16-8(10)15-6)13-3-4-14-9(11)17/h5H,2-4H2,1H3,(H3,11,14,17)(H4,10,12,13,15,16). The predicted octanol–water partition coefficient (Wildman–Crippen LogP) is -0.429. The van der Waals surface area contributed by atoms with Gasteiger partial charge >= 0.3 is 6.03 Å². The molecule has 94 valence electrons. The van der Waals surface area contributed by atoms with E-state index in [1.54, 1.807) is 6.07 Å². The fourth-order valence-electron chi connectivity index (χ4n) is 1.20. The highest BCUT2D eigenvalue weighted by molar-refractivity contribution is 5.71. The highest BCUT2D eigenvalue weighted by atomic mass is 16.2. The molecule has 0 spiro atoms. The Kier molecular flexibility index (Phi) is 4.79. The highest BCUT2D eigenvalue weighted by Crippen LogP contribution is 2.11. The largest absolute Gasteiger partial charge is 0.370 e. The summed E-state index contributed by atoms with van der Waals surface area (Å²) in [5.41, 5.74) is 10.5. The first-order chi connectivity index (χ1) is 8.11. The number of nitrogens with zero attached hydrogens (tertiary/aromatic N) is 2. The molecule has 17 heavy (non-hydrogen) atoms. The van der Waals surface area contributed by atoms with Crippen molar-refractivity contribution in [3.05, 3.63) is 6.07 Å². The number of carbonyl (C=O) groups excluding carboxylic acids is 1. The number of nitrogens with one attached hydrogen (secondary N) is 3. The topological polar surface area (TPSA) is 131 Å². The van der Waals surface area contributed by atoms with Crippen molar-refractivity contribution in [2.45, 2.75) is 6.92 Å². The molecule has 0 atom stereocenters. The molecular weight excluding hydrogens is 222 g/mol. The van der Waals surface area contributed by atoms with E-state index in [2.05, 4.69) is 25.9 Å². The van der Waals surface area contributed by atoms with Crippen molar-refractivity contribution in [3.63, 3.8) is 0 Å². The van der Waals surface area contributed by atoms with Crippen LogP contribution < -0.4 is 27.4 Å². The number of nitrogen functional groups attached to an aromatic ring is 1. The second kappa shape index (κ2) is 6.36. The van der Waals surface area contributed by atoms with Crippen molar-refractivity contribution < 1.29 is 4.79 Å². The van der Waals surface area contributed by atoms with Crippen LogP contribution in [0.2, 0.25) is 0 Å². The summed E-state index contributed by atoms with van der Waals surface area (Å²) < 4.78 is 0. The minimum Gasteiger partial charge on any atom is -0.370 e. The normalized spacial score (nSPS) is 9.71. The second-order valence-electron chi connectivity index (χ2n) is 3.24. The van der Waals surface area contributed by atoms with Gasteiger partial charge in [0, 0.05) is 25.7 Å². The summed E-state index contributed by atoms with van der Waals surface area (Å²) in [6.45, 7) is 3.63. The lowest BCUT2D eigenvalue weighted by Gasteiger charge is -2.08. The van der Waals surface area contributed by atoms with Crippen molar-refractivity contribution in [1.82, 2.24) is 15.3 Å². The van der Waals surface area contributed by atoms with Gasteiger partial charge in [-0.05, 0) is 6.92 Å². The number of hydrogen-bond donors (Lipinski definition) is 5. The van der Waals surface area contributed by atoms with Crippen LogP contribution in [0.15, 0.2) is 6.07 Å². The smallest absolute Gasteiger partial charge is 0.312 e. The van der Waals surface area contributed by atoms with Crippen LogP contribution in [0.1, 0.15) is 6.92 Å². The van der Waals surface area contributed by atoms with Crippen molar-refractivity contribution in [2.24, 2.45) is 5.73 Å². The number of anilines is 3. The zero-order valence-corrected chi connectivity index (χ0v) is 9.66. The summed E-state index contributed by atoms with van der Waals surface area (Å²) in [4.78, 5) is 18.4. The van der Waals surface area contributed by atoms with Gasteiger partial charge in [-0.25, -0.2) is 4.79 Å². The van der Waals surface area contributed by atoms with E-state index >= 15 is 0 Å². The van der Waals surface area contributed by atoms with Gasteiger partial charge in [0.05, 0.1) is 0 Å². The van der Waals surface area contributed by atoms with Crippen molar-refractivity contribution in [3.8, 4) is 0 Å². The fraction of sp³-hybridized carbons (Fsp3) is 0.444. The van der Waals surface area contributed by atoms with Gasteiger partial charge < -0.3 is 27.4 Å². The molecule has 0 aliphatic carbocycles. The number of hydrogen-bond acceptors (Lipinski definition) is 6. The maximum Gasteiger partial charge on any atom is 0.312 e. The molecule has 0 radical (unpaired) electrons. The third kappa shape index (κ3) is 4.87. The van der Waals surface area contributed by atoms with Gasteiger partial charge in [0.25, 0.3) is 0 Å². The molecule has 1 heterocycles. The second-order valence-corrected chi connectivity index (χ2v) is 3.24. The van der Waals surface area contributed by atoms with Crippen LogP contribution in [0.4, 0.5) is 22.4 Å². The van der Waals surface area contributed by atoms with E-state index in [9.17, 15) is 4.79 Å². The van der Waals surface area contributed by atoms with Crippen molar-refractivity contribution in [1.29, 1.82) is 0 Å². The molecule has 8 nitrogen and oxygen atoms in total. The van der Waals surface area contributed by atoms with Crippen molar-refractivity contribution >= 4 is 23.6 Å². The zero-order valence-electron chi connectivity index (χ0n) is 9.66. The van der Waals surface area contributed by atoms with Crippen LogP contribution in [0, 0.1) is 0 Å². The lowest BCUT2D eigenvalue weighted by molar-refractivity contribution is 0.249. The number of urea groups is 1. The molecule has 0 unspecified atom stereocenters. The third-order valence-electron chi connectivity index (χ3n) is 1.83. The summed E-state index contributed by atoms with van der Waals surface area (Å²) >= 11 is 0. The molecule has 0 aliphatic rings. The van der Waals surface area contributed by atoms with E-state index in [1.807, 2.05) is 6.92 Å². The number of aromatic nitrogens is 2. The first-order valence-electron chi connectivity index (χ1n) is 5.27. The van der Waals surface area contributed by atoms with Gasteiger partial charge in [-0.2, -0.15) is 9.97 Å². The minimum atomic E-state index is -0.553. The molecule has 0 aromatic carbocycles. The molecule has 7 N–H and O–H groups in total. The number of primary amides is 1. The molecule has 0 aliphatic heterocycles. The molecule has 0 bridgehead atoms. The summed E-state index contributed by atoms with van der Waals surface area (Å²) in [7, 11) is 0. The molecule has 1 aromatic rings. The Balaban J connectivity index is 2.49. The SMILES string of the molecule is CCNc1cc(NCCNC(N)=O)nc(N)n1. The molecule has 0 saturated heterocycles. The van der Waals surface area contributed by atoms with Crippen molar-refractivity contribution in [2.75, 3.05) is 36.0 Å². The Morgan fingerprint density at radius 2 is 1.94 bits per heavy atom. The van der Waals surface area contributed by atoms with Crippen LogP contribution in [0.5, 0.6) is 0 Å². The third-order valence-corrected chi connectivity index (χ3v) is 1.83. The first kappa shape index (κ1) is 12.8. The number of nitrogens with two attached hydrogens (primary N) is 2. The van der Waals surface area contributed by atoms with E-state index in [0.717, 1.165) is 6.54 Å². The van der Waals surface area contributed by atoms with Gasteiger partial charge in [0.2, 0.25) is 5.95 Å². The Morgan fingerprint density at radius 3 is 2.53 bits per heavy atom. The molecule has 8 heteroatoms. The monoisotopic (exact) mass is 239 g/mol. The van der Waals surface area contributed by atoms with Gasteiger partial charge in [0.15, 0.2) is 0 Å². The molecule has 2 amide bonds. The zero-order chi connectivity index (χ0) is 12.7. The summed E-state index contributed by atoms with van der Waals surface area (Å²) in [6, 6.07) is 1.19. The van der Waals surface area contributed by atoms with E-state index in [1.165, 1.54) is 0 Å². The Hall–Kier alpha value is -2.25. The minimum absolute atomic E-state index is 0.189. The Labute approximate surface area is 99.2 Å². The van der Waals surface area contributed by atoms with E-state index in [0.29, 0.717) is 24.7 Å². The molecular formula is C9H17N7O. The average molecular weight is 239 g/mol. The Bertz CT molecular complexity index is 382. The Morgan fingerprint density at radius 1 is 1.29 bits per heavy atom. The van der Waals surface area contributed by atoms with E-state index in [4.69, 9.17) is 11.5 Å². The van der Waals surface area contributed by atoms with Crippen LogP contribution in [0.25, 0.3) is 0 Å². The molecule has 0 fully saturated rings. The van der Waals surface area contributed by atoms with Crippen LogP contribution >= 0.6 is 0 Å². The van der Waals surface area contributed by atoms with Crippen LogP contribution in [-0.4, -0.2) is 35.6 Å². The number of carbonyl (C=O) groups is 1. The molecule has 1 rings (SSSR count). The number of amides is 2. The van der Waals surface area contributed by atoms with Gasteiger partial charge in [-0.15, -0.1) is 0 Å². The van der Waals surface area contributed by atoms with Gasteiger partial charge in [0.1, 0.15) is 11.6 Å². The quantitative estimate of drug-likeness (QED) is 0.428. The van der Waals surface area contributed by atoms with Crippen LogP contribution in [0.3, 0.4) is 0 Å². The maximum atomic E-state index is 10.4. The van der Waals surface area contributed by atoms with Crippen LogP contribution in [-0.2, 0) is 0 Å². The molecule has 0 saturated carbocycles. The summed E-state index contributed by atoms with van der Waals surface area (Å²) in [5.74, 6) is 1.44. The fourth-order valence-corrected chi connectivity index (χ4v) is 1.20. The van der Waals surface area contributed by atoms with E-state index in [-0.39, 0.29) is 5.95 Å². The maximum absolute atomic E-state index is 10.4. The first-order valence-corrected chi connectivity index (χ1v) is 5.27. The molecule has 1 aromatic heterocycles. The summed E-state index contributed by atoms with van der Waals surface area (Å²) in [6.07, 6.45) is 0. The highest BCUT2D eigenvalue weighted by Gasteiger charge is 2.01. The lowest BCUT2D eigenvalue weighted by atomic mass is 10.5. The average Bonchev–Trinajstić information content (AvgIpc) is 2.24. The van der Waals surface area contributed by atoms with E-state index < -0.39 is 6.03 Å². The van der Waals surface area contributed by atoms with Gasteiger partial charge in [-0.3, -0.25) is 0 Å². The van der Waals surface area contributed by atoms with Gasteiger partial charge in [-0.1, -0.05) is 0 Å².